The van der Waals surface area contributed by atoms with Gasteiger partial charge in [-0.05, 0) is 25.7 Å². The third-order valence-corrected chi connectivity index (χ3v) is 9.23. The molecule has 1 atom stereocenters. The molecule has 16 heteroatoms. The summed E-state index contributed by atoms with van der Waals surface area (Å²) in [6, 6.07) is 0. The Balaban J connectivity index is 1.86. The lowest BCUT2D eigenvalue weighted by atomic mass is 10.1. The van der Waals surface area contributed by atoms with E-state index < -0.39 is 17.9 Å². The predicted molar refractivity (Wildman–Crippen MR) is 169 cm³/mol. The zero-order valence-electron chi connectivity index (χ0n) is 26.0. The molecule has 1 saturated heterocycles. The molecule has 0 radical (unpaired) electrons. The maximum Gasteiger partial charge on any atom is 0.319 e. The standard InChI is InChI=1S/C29H49N3O11S2/c30-22-29(38)43-20-17-39-14-3-4-23(33)7-9-27(36)42-19-18-40-15-12-31-26(35)8-10-28(37)41-16-13-32-25(34)6-2-1-5-24-11-21-44-45-24/h24H,1-22,30H2,(H,31,35)(H,32,34). The Hall–Kier alpha value is -2.40. The molecule has 1 rings (SSSR count). The van der Waals surface area contributed by atoms with Crippen LogP contribution in [0.4, 0.5) is 0 Å². The van der Waals surface area contributed by atoms with Crippen LogP contribution in [-0.4, -0.2) is 112 Å². The number of amides is 2. The highest BCUT2D eigenvalue weighted by molar-refractivity contribution is 8.77. The van der Waals surface area contributed by atoms with Gasteiger partial charge in [0.05, 0.1) is 45.8 Å². The van der Waals surface area contributed by atoms with Crippen LogP contribution in [0.3, 0.4) is 0 Å². The van der Waals surface area contributed by atoms with Crippen LogP contribution in [0.1, 0.15) is 70.6 Å². The van der Waals surface area contributed by atoms with Gasteiger partial charge in [0.2, 0.25) is 11.8 Å². The van der Waals surface area contributed by atoms with E-state index in [-0.39, 0.29) is 109 Å². The van der Waals surface area contributed by atoms with Crippen molar-refractivity contribution in [2.24, 2.45) is 5.73 Å². The van der Waals surface area contributed by atoms with Gasteiger partial charge in [0.15, 0.2) is 0 Å². The number of hydrogen-bond acceptors (Lipinski definition) is 14. The van der Waals surface area contributed by atoms with E-state index in [9.17, 15) is 28.8 Å². The average molecular weight is 680 g/mol. The second-order valence-corrected chi connectivity index (χ2v) is 12.8. The lowest BCUT2D eigenvalue weighted by Crippen LogP contribution is -2.29. The zero-order valence-corrected chi connectivity index (χ0v) is 27.7. The second kappa shape index (κ2) is 27.9. The Labute approximate surface area is 273 Å². The minimum atomic E-state index is -0.514. The summed E-state index contributed by atoms with van der Waals surface area (Å²) in [6.45, 7) is 1.36. The van der Waals surface area contributed by atoms with E-state index in [0.29, 0.717) is 24.7 Å². The van der Waals surface area contributed by atoms with Crippen molar-refractivity contribution < 1.29 is 52.5 Å². The molecule has 45 heavy (non-hydrogen) atoms. The molecule has 1 unspecified atom stereocenters. The maximum absolute atomic E-state index is 11.9. The minimum Gasteiger partial charge on any atom is -0.464 e. The number of nitrogens with two attached hydrogens (primary N) is 1. The summed E-state index contributed by atoms with van der Waals surface area (Å²) in [4.78, 5) is 70.0. The molecule has 1 aliphatic heterocycles. The van der Waals surface area contributed by atoms with Crippen molar-refractivity contribution in [1.29, 1.82) is 0 Å². The summed E-state index contributed by atoms with van der Waals surface area (Å²) in [5.74, 6) is -0.766. The van der Waals surface area contributed by atoms with Crippen molar-refractivity contribution in [2.75, 3.05) is 71.6 Å². The molecule has 0 saturated carbocycles. The van der Waals surface area contributed by atoms with Crippen molar-refractivity contribution >= 4 is 57.1 Å². The van der Waals surface area contributed by atoms with E-state index >= 15 is 0 Å². The van der Waals surface area contributed by atoms with Gasteiger partial charge in [0, 0.05) is 49.8 Å². The highest BCUT2D eigenvalue weighted by Crippen LogP contribution is 2.39. The molecule has 14 nitrogen and oxygen atoms in total. The first-order valence-electron chi connectivity index (χ1n) is 15.5. The number of esters is 3. The van der Waals surface area contributed by atoms with Crippen LogP contribution in [0.5, 0.6) is 0 Å². The Kier molecular flexibility index (Phi) is 25.2. The summed E-state index contributed by atoms with van der Waals surface area (Å²) in [6.07, 6.45) is 5.46. The molecule has 258 valence electrons. The predicted octanol–water partition coefficient (Wildman–Crippen LogP) is 1.46. The third kappa shape index (κ3) is 25.5. The van der Waals surface area contributed by atoms with E-state index in [0.717, 1.165) is 19.3 Å². The molecule has 0 aromatic carbocycles. The van der Waals surface area contributed by atoms with Gasteiger partial charge >= 0.3 is 17.9 Å². The molecule has 1 heterocycles. The fraction of sp³-hybridized carbons (Fsp3) is 0.793. The van der Waals surface area contributed by atoms with Crippen LogP contribution in [0.25, 0.3) is 0 Å². The molecule has 0 aromatic heterocycles. The number of unbranched alkanes of at least 4 members (excludes halogenated alkanes) is 1. The summed E-state index contributed by atoms with van der Waals surface area (Å²) in [5, 5.41) is 6.08. The summed E-state index contributed by atoms with van der Waals surface area (Å²) >= 11 is 0. The lowest BCUT2D eigenvalue weighted by molar-refractivity contribution is -0.146. The number of rotatable bonds is 28. The number of ketones is 1. The van der Waals surface area contributed by atoms with E-state index in [1.54, 1.807) is 0 Å². The summed E-state index contributed by atoms with van der Waals surface area (Å²) < 4.78 is 25.4. The molecule has 0 bridgehead atoms. The van der Waals surface area contributed by atoms with Crippen LogP contribution in [0.2, 0.25) is 0 Å². The fourth-order valence-electron chi connectivity index (χ4n) is 3.81. The molecular weight excluding hydrogens is 630 g/mol. The van der Waals surface area contributed by atoms with Gasteiger partial charge < -0.3 is 40.1 Å². The van der Waals surface area contributed by atoms with Gasteiger partial charge in [0.25, 0.3) is 0 Å². The van der Waals surface area contributed by atoms with Gasteiger partial charge in [0.1, 0.15) is 25.6 Å². The zero-order chi connectivity index (χ0) is 33.0. The first kappa shape index (κ1) is 40.6. The molecule has 1 fully saturated rings. The van der Waals surface area contributed by atoms with Gasteiger partial charge in [-0.2, -0.15) is 0 Å². The quantitative estimate of drug-likeness (QED) is 0.0465. The van der Waals surface area contributed by atoms with Crippen molar-refractivity contribution in [3.63, 3.8) is 0 Å². The molecule has 0 spiro atoms. The normalized spacial score (nSPS) is 14.0. The number of hydrogen-bond donors (Lipinski definition) is 3. The third-order valence-electron chi connectivity index (χ3n) is 6.22. The number of carbonyl (C=O) groups is 6. The molecule has 1 aliphatic rings. The van der Waals surface area contributed by atoms with Crippen LogP contribution in [-0.2, 0) is 52.5 Å². The smallest absolute Gasteiger partial charge is 0.319 e. The van der Waals surface area contributed by atoms with Crippen molar-refractivity contribution in [3.8, 4) is 0 Å². The number of nitrogens with one attached hydrogen (secondary N) is 2. The van der Waals surface area contributed by atoms with E-state index in [1.807, 2.05) is 21.6 Å². The summed E-state index contributed by atoms with van der Waals surface area (Å²) in [7, 11) is 3.86. The molecular formula is C29H49N3O11S2. The van der Waals surface area contributed by atoms with E-state index in [2.05, 4.69) is 10.6 Å². The van der Waals surface area contributed by atoms with Crippen molar-refractivity contribution in [1.82, 2.24) is 10.6 Å². The lowest BCUT2D eigenvalue weighted by Gasteiger charge is -2.09. The highest BCUT2D eigenvalue weighted by Gasteiger charge is 2.16. The Bertz CT molecular complexity index is 890. The number of carbonyl (C=O) groups excluding carboxylic acids is 6. The molecule has 0 aliphatic carbocycles. The van der Waals surface area contributed by atoms with Crippen molar-refractivity contribution in [2.45, 2.75) is 75.9 Å². The Morgan fingerprint density at radius 2 is 1.24 bits per heavy atom. The highest BCUT2D eigenvalue weighted by atomic mass is 33.1. The second-order valence-electron chi connectivity index (χ2n) is 10.0. The molecule has 0 aromatic rings. The van der Waals surface area contributed by atoms with Crippen LogP contribution in [0.15, 0.2) is 0 Å². The van der Waals surface area contributed by atoms with Gasteiger partial charge in [-0.25, -0.2) is 0 Å². The number of Topliss-reactive ketones (excluding diaryl/α,β-unsaturated/α-hetero) is 1. The maximum atomic E-state index is 11.9. The van der Waals surface area contributed by atoms with Crippen LogP contribution >= 0.6 is 21.6 Å². The van der Waals surface area contributed by atoms with Gasteiger partial charge in [-0.3, -0.25) is 28.8 Å². The van der Waals surface area contributed by atoms with E-state index in [1.165, 1.54) is 12.2 Å². The number of ether oxygens (including phenoxy) is 5. The average Bonchev–Trinajstić information content (AvgIpc) is 3.55. The SMILES string of the molecule is NCC(=O)OCCOCCCC(=O)CCC(=O)OCCOCCNC(=O)CCC(=O)OCCNC(=O)CCCCC1CCSS1. The Morgan fingerprint density at radius 1 is 0.622 bits per heavy atom. The summed E-state index contributed by atoms with van der Waals surface area (Å²) in [5.41, 5.74) is 5.11. The topological polar surface area (TPSA) is 199 Å². The largest absolute Gasteiger partial charge is 0.464 e. The van der Waals surface area contributed by atoms with E-state index in [4.69, 9.17) is 29.4 Å². The first-order chi connectivity index (χ1) is 21.8. The first-order valence-corrected chi connectivity index (χ1v) is 17.8. The molecule has 2 amide bonds. The van der Waals surface area contributed by atoms with Crippen molar-refractivity contribution in [3.05, 3.63) is 0 Å². The van der Waals surface area contributed by atoms with Crippen LogP contribution < -0.4 is 16.4 Å². The van der Waals surface area contributed by atoms with Gasteiger partial charge in [-0.1, -0.05) is 28.0 Å². The molecule has 4 N–H and O–H groups in total. The fourth-order valence-corrected chi connectivity index (χ4v) is 6.83. The van der Waals surface area contributed by atoms with Crippen LogP contribution in [0, 0.1) is 0 Å². The Morgan fingerprint density at radius 3 is 1.93 bits per heavy atom. The minimum absolute atomic E-state index is 0.0226. The monoisotopic (exact) mass is 679 g/mol. The van der Waals surface area contributed by atoms with Gasteiger partial charge in [-0.15, -0.1) is 0 Å².